The summed E-state index contributed by atoms with van der Waals surface area (Å²) in [5, 5.41) is 21.7. The Morgan fingerprint density at radius 1 is 1.53 bits per heavy atom. The van der Waals surface area contributed by atoms with E-state index in [2.05, 4.69) is 5.32 Å². The Kier molecular flexibility index (Phi) is 5.88. The molecule has 5 nitrogen and oxygen atoms in total. The van der Waals surface area contributed by atoms with Crippen LogP contribution in [-0.4, -0.2) is 59.4 Å². The first-order valence-electron chi connectivity index (χ1n) is 6.32. The summed E-state index contributed by atoms with van der Waals surface area (Å²) in [7, 11) is 0. The number of nitrogens with one attached hydrogen (secondary N) is 1. The number of piperidine rings is 1. The van der Waals surface area contributed by atoms with Crippen LogP contribution < -0.4 is 5.32 Å². The standard InChI is InChI=1S/C12H24N2O3/c1-9(16)11-6-12(13-4-3-5-15)8-14(7-11)10(2)17/h9,11-13,15-16H,3-8H2,1-2H3. The molecular formula is C12H24N2O3. The third-order valence-corrected chi connectivity index (χ3v) is 3.38. The summed E-state index contributed by atoms with van der Waals surface area (Å²) in [6.45, 7) is 5.61. The Morgan fingerprint density at radius 2 is 2.24 bits per heavy atom. The van der Waals surface area contributed by atoms with Crippen LogP contribution in [0.3, 0.4) is 0 Å². The molecule has 0 radical (unpaired) electrons. The van der Waals surface area contributed by atoms with Crippen LogP contribution in [0, 0.1) is 5.92 Å². The second kappa shape index (κ2) is 6.93. The third kappa shape index (κ3) is 4.61. The second-order valence-electron chi connectivity index (χ2n) is 4.89. The SMILES string of the molecule is CC(=O)N1CC(NCCCO)CC(C(C)O)C1. The quantitative estimate of drug-likeness (QED) is 0.574. The maximum atomic E-state index is 11.4. The summed E-state index contributed by atoms with van der Waals surface area (Å²) in [6.07, 6.45) is 1.21. The lowest BCUT2D eigenvalue weighted by Gasteiger charge is -2.39. The predicted octanol–water partition coefficient (Wildman–Crippen LogP) is -0.424. The van der Waals surface area contributed by atoms with Crippen LogP contribution in [0.1, 0.15) is 26.7 Å². The highest BCUT2D eigenvalue weighted by atomic mass is 16.3. The molecule has 1 aliphatic heterocycles. The zero-order chi connectivity index (χ0) is 12.8. The van der Waals surface area contributed by atoms with Gasteiger partial charge >= 0.3 is 0 Å². The number of nitrogens with zero attached hydrogens (tertiary/aromatic N) is 1. The van der Waals surface area contributed by atoms with Gasteiger partial charge in [-0.3, -0.25) is 4.79 Å². The van der Waals surface area contributed by atoms with Gasteiger partial charge in [0, 0.05) is 38.6 Å². The molecule has 1 amide bonds. The number of likely N-dealkylation sites (tertiary alicyclic amines) is 1. The van der Waals surface area contributed by atoms with Crippen molar-refractivity contribution in [3.63, 3.8) is 0 Å². The highest BCUT2D eigenvalue weighted by Crippen LogP contribution is 2.20. The van der Waals surface area contributed by atoms with E-state index < -0.39 is 0 Å². The van der Waals surface area contributed by atoms with Crippen molar-refractivity contribution in [3.8, 4) is 0 Å². The molecule has 1 saturated heterocycles. The van der Waals surface area contributed by atoms with E-state index in [-0.39, 0.29) is 30.6 Å². The number of rotatable bonds is 5. The van der Waals surface area contributed by atoms with Crippen molar-refractivity contribution in [1.82, 2.24) is 10.2 Å². The van der Waals surface area contributed by atoms with E-state index in [1.165, 1.54) is 0 Å². The van der Waals surface area contributed by atoms with Crippen molar-refractivity contribution >= 4 is 5.91 Å². The summed E-state index contributed by atoms with van der Waals surface area (Å²) < 4.78 is 0. The van der Waals surface area contributed by atoms with Gasteiger partial charge in [0.1, 0.15) is 0 Å². The van der Waals surface area contributed by atoms with Crippen molar-refractivity contribution in [2.75, 3.05) is 26.2 Å². The van der Waals surface area contributed by atoms with Crippen molar-refractivity contribution in [2.45, 2.75) is 38.8 Å². The molecule has 0 saturated carbocycles. The van der Waals surface area contributed by atoms with Crippen molar-refractivity contribution in [1.29, 1.82) is 0 Å². The molecule has 1 aliphatic rings. The van der Waals surface area contributed by atoms with Gasteiger partial charge in [0.05, 0.1) is 6.10 Å². The van der Waals surface area contributed by atoms with E-state index in [4.69, 9.17) is 5.11 Å². The molecular weight excluding hydrogens is 220 g/mol. The molecule has 1 rings (SSSR count). The summed E-state index contributed by atoms with van der Waals surface area (Å²) in [6, 6.07) is 0.221. The normalized spacial score (nSPS) is 26.9. The Hall–Kier alpha value is -0.650. The predicted molar refractivity (Wildman–Crippen MR) is 65.5 cm³/mol. The van der Waals surface area contributed by atoms with E-state index >= 15 is 0 Å². The highest BCUT2D eigenvalue weighted by Gasteiger charge is 2.30. The smallest absolute Gasteiger partial charge is 0.219 e. The summed E-state index contributed by atoms with van der Waals surface area (Å²) in [5.74, 6) is 0.198. The van der Waals surface area contributed by atoms with E-state index in [0.29, 0.717) is 13.1 Å². The number of carbonyl (C=O) groups excluding carboxylic acids is 1. The average Bonchev–Trinajstić information content (AvgIpc) is 2.29. The minimum Gasteiger partial charge on any atom is -0.396 e. The van der Waals surface area contributed by atoms with Crippen LogP contribution in [-0.2, 0) is 4.79 Å². The van der Waals surface area contributed by atoms with Gasteiger partial charge < -0.3 is 20.4 Å². The molecule has 0 spiro atoms. The third-order valence-electron chi connectivity index (χ3n) is 3.38. The van der Waals surface area contributed by atoms with Gasteiger partial charge in [-0.15, -0.1) is 0 Å². The fourth-order valence-electron chi connectivity index (χ4n) is 2.28. The Morgan fingerprint density at radius 3 is 2.76 bits per heavy atom. The van der Waals surface area contributed by atoms with Crippen LogP contribution in [0.2, 0.25) is 0 Å². The second-order valence-corrected chi connectivity index (χ2v) is 4.89. The number of aliphatic hydroxyl groups excluding tert-OH is 2. The highest BCUT2D eigenvalue weighted by molar-refractivity contribution is 5.73. The maximum absolute atomic E-state index is 11.4. The number of hydrogen-bond acceptors (Lipinski definition) is 4. The molecule has 17 heavy (non-hydrogen) atoms. The molecule has 3 unspecified atom stereocenters. The molecule has 1 fully saturated rings. The van der Waals surface area contributed by atoms with E-state index in [1.807, 2.05) is 0 Å². The van der Waals surface area contributed by atoms with Gasteiger partial charge in [-0.25, -0.2) is 0 Å². The molecule has 0 aromatic heterocycles. The minimum atomic E-state index is -0.390. The zero-order valence-electron chi connectivity index (χ0n) is 10.7. The van der Waals surface area contributed by atoms with Gasteiger partial charge in [0.25, 0.3) is 0 Å². The van der Waals surface area contributed by atoms with Crippen LogP contribution in [0.25, 0.3) is 0 Å². The molecule has 0 aliphatic carbocycles. The van der Waals surface area contributed by atoms with Crippen LogP contribution in [0.4, 0.5) is 0 Å². The van der Waals surface area contributed by atoms with Crippen molar-refractivity contribution in [3.05, 3.63) is 0 Å². The number of hydrogen-bond donors (Lipinski definition) is 3. The lowest BCUT2D eigenvalue weighted by atomic mass is 9.90. The van der Waals surface area contributed by atoms with Gasteiger partial charge in [-0.05, 0) is 26.3 Å². The van der Waals surface area contributed by atoms with Crippen LogP contribution >= 0.6 is 0 Å². The minimum absolute atomic E-state index is 0.0595. The van der Waals surface area contributed by atoms with Crippen LogP contribution in [0.5, 0.6) is 0 Å². The molecule has 5 heteroatoms. The Bertz CT molecular complexity index is 246. The van der Waals surface area contributed by atoms with Crippen molar-refractivity contribution < 1.29 is 15.0 Å². The zero-order valence-corrected chi connectivity index (χ0v) is 10.7. The van der Waals surface area contributed by atoms with Crippen molar-refractivity contribution in [2.24, 2.45) is 5.92 Å². The van der Waals surface area contributed by atoms with Gasteiger partial charge in [0.2, 0.25) is 5.91 Å². The van der Waals surface area contributed by atoms with Gasteiger partial charge in [0.15, 0.2) is 0 Å². The lowest BCUT2D eigenvalue weighted by Crippen LogP contribution is -2.52. The fourth-order valence-corrected chi connectivity index (χ4v) is 2.28. The molecule has 3 N–H and O–H groups in total. The van der Waals surface area contributed by atoms with E-state index in [1.54, 1.807) is 18.7 Å². The average molecular weight is 244 g/mol. The summed E-state index contributed by atoms with van der Waals surface area (Å²) in [5.41, 5.74) is 0. The molecule has 100 valence electrons. The molecule has 0 aromatic carbocycles. The molecule has 3 atom stereocenters. The van der Waals surface area contributed by atoms with Gasteiger partial charge in [-0.1, -0.05) is 0 Å². The monoisotopic (exact) mass is 244 g/mol. The maximum Gasteiger partial charge on any atom is 0.219 e. The lowest BCUT2D eigenvalue weighted by molar-refractivity contribution is -0.132. The molecule has 0 bridgehead atoms. The number of carbonyl (C=O) groups is 1. The topological polar surface area (TPSA) is 72.8 Å². The van der Waals surface area contributed by atoms with E-state index in [0.717, 1.165) is 19.4 Å². The number of amides is 1. The Balaban J connectivity index is 2.49. The largest absolute Gasteiger partial charge is 0.396 e. The number of aliphatic hydroxyl groups is 2. The first-order chi connectivity index (χ1) is 8.04. The van der Waals surface area contributed by atoms with Crippen LogP contribution in [0.15, 0.2) is 0 Å². The Labute approximate surface area is 103 Å². The summed E-state index contributed by atoms with van der Waals surface area (Å²) >= 11 is 0. The first-order valence-corrected chi connectivity index (χ1v) is 6.32. The molecule has 1 heterocycles. The fraction of sp³-hybridized carbons (Fsp3) is 0.917. The van der Waals surface area contributed by atoms with Gasteiger partial charge in [-0.2, -0.15) is 0 Å². The van der Waals surface area contributed by atoms with E-state index in [9.17, 15) is 9.90 Å². The summed E-state index contributed by atoms with van der Waals surface area (Å²) in [4.78, 5) is 13.2. The first kappa shape index (κ1) is 14.4. The molecule has 0 aromatic rings.